The molecule has 7 aromatic carbocycles. The van der Waals surface area contributed by atoms with Gasteiger partial charge in [-0.25, -0.2) is 0 Å². The Labute approximate surface area is 233 Å². The van der Waals surface area contributed by atoms with Crippen molar-refractivity contribution >= 4 is 38.6 Å². The maximum Gasteiger partial charge on any atom is 0.135 e. The molecule has 0 N–H and O–H groups in total. The zero-order valence-corrected chi connectivity index (χ0v) is 21.8. The highest BCUT2D eigenvalue weighted by Crippen LogP contribution is 2.49. The second kappa shape index (κ2) is 9.14. The molecule has 0 bridgehead atoms. The molecule has 0 amide bonds. The molecule has 0 unspecified atom stereocenters. The summed E-state index contributed by atoms with van der Waals surface area (Å²) in [6, 6.07) is 53.8. The molecule has 0 atom stereocenters. The lowest BCUT2D eigenvalue weighted by Gasteiger charge is -2.29. The van der Waals surface area contributed by atoms with Gasteiger partial charge in [-0.15, -0.1) is 0 Å². The number of hydrogen-bond donors (Lipinski definition) is 0. The van der Waals surface area contributed by atoms with Gasteiger partial charge in [-0.1, -0.05) is 103 Å². The van der Waals surface area contributed by atoms with Gasteiger partial charge in [0.2, 0.25) is 0 Å². The number of hydrogen-bond acceptors (Lipinski definition) is 2. The third-order valence-electron chi connectivity index (χ3n) is 7.81. The van der Waals surface area contributed by atoms with E-state index < -0.39 is 0 Å². The average Bonchev–Trinajstić information content (AvgIpc) is 3.02. The van der Waals surface area contributed by atoms with Crippen LogP contribution in [0.2, 0.25) is 0 Å². The SMILES string of the molecule is c1ccc(N(c2ccccc2-c2cc3c4c(cccc4c2)Oc2ccccc2-3)c2cccc3ccccc23)cc1. The van der Waals surface area contributed by atoms with Gasteiger partial charge in [-0.3, -0.25) is 0 Å². The Bertz CT molecular complexity index is 2040. The lowest BCUT2D eigenvalue weighted by molar-refractivity contribution is 0.487. The molecule has 0 saturated carbocycles. The first-order chi connectivity index (χ1) is 19.8. The first-order valence-electron chi connectivity index (χ1n) is 13.6. The van der Waals surface area contributed by atoms with Crippen LogP contribution in [0.25, 0.3) is 43.8 Å². The number of ether oxygens (including phenoxy) is 1. The fourth-order valence-corrected chi connectivity index (χ4v) is 6.04. The van der Waals surface area contributed by atoms with Crippen LogP contribution in [-0.4, -0.2) is 0 Å². The molecule has 7 aromatic rings. The summed E-state index contributed by atoms with van der Waals surface area (Å²) in [6.45, 7) is 0. The molecule has 2 heteroatoms. The molecule has 2 nitrogen and oxygen atoms in total. The topological polar surface area (TPSA) is 12.5 Å². The number of para-hydroxylation sites is 3. The predicted octanol–water partition coefficient (Wildman–Crippen LogP) is 10.9. The molecule has 1 heterocycles. The summed E-state index contributed by atoms with van der Waals surface area (Å²) in [5.41, 5.74) is 8.08. The number of rotatable bonds is 4. The minimum atomic E-state index is 0.898. The Hall–Kier alpha value is -5.34. The normalized spacial score (nSPS) is 11.7. The van der Waals surface area contributed by atoms with Crippen molar-refractivity contribution in [2.75, 3.05) is 4.90 Å². The van der Waals surface area contributed by atoms with E-state index in [1.165, 1.54) is 32.8 Å². The maximum atomic E-state index is 6.31. The first kappa shape index (κ1) is 22.6. The van der Waals surface area contributed by atoms with Crippen LogP contribution < -0.4 is 9.64 Å². The zero-order chi connectivity index (χ0) is 26.5. The minimum absolute atomic E-state index is 0.898. The smallest absolute Gasteiger partial charge is 0.135 e. The Morgan fingerprint density at radius 3 is 2.00 bits per heavy atom. The summed E-state index contributed by atoms with van der Waals surface area (Å²) < 4.78 is 6.31. The predicted molar refractivity (Wildman–Crippen MR) is 167 cm³/mol. The number of fused-ring (bicyclic) bond motifs is 3. The summed E-state index contributed by atoms with van der Waals surface area (Å²) in [5, 5.41) is 4.77. The number of nitrogens with zero attached hydrogens (tertiary/aromatic N) is 1. The van der Waals surface area contributed by atoms with Gasteiger partial charge in [-0.05, 0) is 70.4 Å². The molecule has 1 aliphatic rings. The van der Waals surface area contributed by atoms with Crippen molar-refractivity contribution in [2.24, 2.45) is 0 Å². The largest absolute Gasteiger partial charge is 0.456 e. The van der Waals surface area contributed by atoms with Crippen molar-refractivity contribution in [1.29, 1.82) is 0 Å². The van der Waals surface area contributed by atoms with Crippen molar-refractivity contribution in [3.05, 3.63) is 152 Å². The van der Waals surface area contributed by atoms with Crippen LogP contribution in [0.1, 0.15) is 0 Å². The van der Waals surface area contributed by atoms with Crippen LogP contribution in [-0.2, 0) is 0 Å². The third-order valence-corrected chi connectivity index (χ3v) is 7.81. The van der Waals surface area contributed by atoms with Crippen molar-refractivity contribution in [3.63, 3.8) is 0 Å². The number of benzene rings is 7. The molecule has 40 heavy (non-hydrogen) atoms. The van der Waals surface area contributed by atoms with Gasteiger partial charge in [0.15, 0.2) is 0 Å². The second-order valence-electron chi connectivity index (χ2n) is 10.2. The first-order valence-corrected chi connectivity index (χ1v) is 13.6. The van der Waals surface area contributed by atoms with Gasteiger partial charge in [0.1, 0.15) is 11.5 Å². The quantitative estimate of drug-likeness (QED) is 0.233. The molecular weight excluding hydrogens is 486 g/mol. The van der Waals surface area contributed by atoms with Crippen LogP contribution in [0.4, 0.5) is 17.1 Å². The highest BCUT2D eigenvalue weighted by Gasteiger charge is 2.23. The average molecular weight is 512 g/mol. The van der Waals surface area contributed by atoms with Crippen molar-refractivity contribution in [3.8, 4) is 33.8 Å². The Morgan fingerprint density at radius 1 is 0.425 bits per heavy atom. The summed E-state index contributed by atoms with van der Waals surface area (Å²) in [4.78, 5) is 2.39. The van der Waals surface area contributed by atoms with E-state index in [0.29, 0.717) is 0 Å². The van der Waals surface area contributed by atoms with E-state index in [1.807, 2.05) is 6.07 Å². The van der Waals surface area contributed by atoms with Crippen molar-refractivity contribution < 1.29 is 4.74 Å². The van der Waals surface area contributed by atoms with E-state index in [2.05, 4.69) is 150 Å². The van der Waals surface area contributed by atoms with Crippen LogP contribution in [0.15, 0.2) is 152 Å². The van der Waals surface area contributed by atoms with E-state index in [0.717, 1.165) is 39.5 Å². The van der Waals surface area contributed by atoms with Gasteiger partial charge in [0.05, 0.1) is 11.4 Å². The zero-order valence-electron chi connectivity index (χ0n) is 21.8. The molecular formula is C38H25NO. The highest BCUT2D eigenvalue weighted by molar-refractivity contribution is 6.08. The maximum absolute atomic E-state index is 6.31. The van der Waals surface area contributed by atoms with Crippen molar-refractivity contribution in [1.82, 2.24) is 0 Å². The van der Waals surface area contributed by atoms with Gasteiger partial charge in [0.25, 0.3) is 0 Å². The molecule has 0 spiro atoms. The molecule has 0 fully saturated rings. The molecule has 0 aliphatic carbocycles. The van der Waals surface area contributed by atoms with E-state index in [9.17, 15) is 0 Å². The fourth-order valence-electron chi connectivity index (χ4n) is 6.04. The van der Waals surface area contributed by atoms with Crippen LogP contribution in [0, 0.1) is 0 Å². The van der Waals surface area contributed by atoms with E-state index >= 15 is 0 Å². The van der Waals surface area contributed by atoms with E-state index in [4.69, 9.17) is 4.74 Å². The third kappa shape index (κ3) is 3.58. The number of anilines is 3. The molecule has 188 valence electrons. The molecule has 0 saturated heterocycles. The molecule has 0 radical (unpaired) electrons. The summed E-state index contributed by atoms with van der Waals surface area (Å²) in [7, 11) is 0. The van der Waals surface area contributed by atoms with Crippen LogP contribution >= 0.6 is 0 Å². The van der Waals surface area contributed by atoms with E-state index in [1.54, 1.807) is 0 Å². The Kier molecular flexibility index (Phi) is 5.17. The Morgan fingerprint density at radius 2 is 1.07 bits per heavy atom. The minimum Gasteiger partial charge on any atom is -0.456 e. The summed E-state index contributed by atoms with van der Waals surface area (Å²) in [5.74, 6) is 1.81. The molecule has 8 rings (SSSR count). The van der Waals surface area contributed by atoms with Crippen molar-refractivity contribution in [2.45, 2.75) is 0 Å². The molecule has 0 aromatic heterocycles. The lowest BCUT2D eigenvalue weighted by atomic mass is 9.90. The van der Waals surface area contributed by atoms with Gasteiger partial charge >= 0.3 is 0 Å². The fraction of sp³-hybridized carbons (Fsp3) is 0. The van der Waals surface area contributed by atoms with Crippen LogP contribution in [0.3, 0.4) is 0 Å². The van der Waals surface area contributed by atoms with E-state index in [-0.39, 0.29) is 0 Å². The van der Waals surface area contributed by atoms with Crippen LogP contribution in [0.5, 0.6) is 11.5 Å². The highest BCUT2D eigenvalue weighted by atomic mass is 16.5. The Balaban J connectivity index is 1.41. The van der Waals surface area contributed by atoms with Gasteiger partial charge < -0.3 is 9.64 Å². The van der Waals surface area contributed by atoms with Gasteiger partial charge in [0, 0.05) is 27.6 Å². The standard InChI is InChI=1S/C38H25NO/c1-2-15-29(16-3-1)39(35-21-10-13-26-12-4-5-17-30(26)35)34-20-8-6-18-31(34)28-24-27-14-11-23-37-38(27)33(25-28)32-19-7-9-22-36(32)40-37/h1-25H. The second-order valence-corrected chi connectivity index (χ2v) is 10.2. The monoisotopic (exact) mass is 511 g/mol. The molecule has 1 aliphatic heterocycles. The summed E-state index contributed by atoms with van der Waals surface area (Å²) in [6.07, 6.45) is 0. The lowest BCUT2D eigenvalue weighted by Crippen LogP contribution is -2.11. The van der Waals surface area contributed by atoms with Gasteiger partial charge in [-0.2, -0.15) is 0 Å². The summed E-state index contributed by atoms with van der Waals surface area (Å²) >= 11 is 0.